The number of ether oxygens (including phenoxy) is 2. The highest BCUT2D eigenvalue weighted by atomic mass is 19.1. The fourth-order valence-corrected chi connectivity index (χ4v) is 2.31. The van der Waals surface area contributed by atoms with Gasteiger partial charge >= 0.3 is 0 Å². The largest absolute Gasteiger partial charge is 0.497 e. The van der Waals surface area contributed by atoms with Crippen LogP contribution in [0.3, 0.4) is 0 Å². The second-order valence-corrected chi connectivity index (χ2v) is 4.53. The number of hydrogen-bond donors (Lipinski definition) is 1. The minimum atomic E-state index is -0.618. The van der Waals surface area contributed by atoms with Crippen molar-refractivity contribution in [2.24, 2.45) is 0 Å². The molecule has 0 fully saturated rings. The first-order valence-electron chi connectivity index (χ1n) is 6.44. The van der Waals surface area contributed by atoms with Gasteiger partial charge in [-0.2, -0.15) is 0 Å². The topological polar surface area (TPSA) is 30.5 Å². The Morgan fingerprint density at radius 3 is 2.14 bits per heavy atom. The molecule has 21 heavy (non-hydrogen) atoms. The number of rotatable bonds is 5. The average Bonchev–Trinajstić information content (AvgIpc) is 2.47. The predicted octanol–water partition coefficient (Wildman–Crippen LogP) is 3.29. The Hall–Kier alpha value is -2.14. The van der Waals surface area contributed by atoms with E-state index in [2.05, 4.69) is 5.32 Å². The summed E-state index contributed by atoms with van der Waals surface area (Å²) >= 11 is 0. The van der Waals surface area contributed by atoms with Gasteiger partial charge in [0.1, 0.15) is 23.1 Å². The van der Waals surface area contributed by atoms with E-state index in [1.807, 2.05) is 0 Å². The molecule has 0 spiro atoms. The number of nitrogens with one attached hydrogen (secondary N) is 1. The van der Waals surface area contributed by atoms with Gasteiger partial charge in [-0.25, -0.2) is 8.78 Å². The molecule has 0 aliphatic heterocycles. The first-order valence-corrected chi connectivity index (χ1v) is 6.44. The molecule has 2 aromatic rings. The molecule has 0 saturated carbocycles. The lowest BCUT2D eigenvalue weighted by molar-refractivity contribution is 0.395. The molecule has 5 heteroatoms. The minimum absolute atomic E-state index is 0.416. The van der Waals surface area contributed by atoms with E-state index in [1.54, 1.807) is 39.5 Å². The van der Waals surface area contributed by atoms with Gasteiger partial charge in [0.2, 0.25) is 0 Å². The monoisotopic (exact) mass is 293 g/mol. The maximum Gasteiger partial charge on any atom is 0.126 e. The molecule has 1 N–H and O–H groups in total. The van der Waals surface area contributed by atoms with Crippen LogP contribution in [-0.2, 0) is 0 Å². The van der Waals surface area contributed by atoms with E-state index in [9.17, 15) is 8.78 Å². The fourth-order valence-electron chi connectivity index (χ4n) is 2.31. The fraction of sp³-hybridized carbons (Fsp3) is 0.250. The quantitative estimate of drug-likeness (QED) is 0.917. The van der Waals surface area contributed by atoms with Crippen LogP contribution in [0.2, 0.25) is 0 Å². The molecule has 1 atom stereocenters. The first-order chi connectivity index (χ1) is 10.1. The van der Waals surface area contributed by atoms with Gasteiger partial charge in [-0.3, -0.25) is 0 Å². The van der Waals surface area contributed by atoms with Gasteiger partial charge < -0.3 is 14.8 Å². The SMILES string of the molecule is CNC(c1cc(F)cc(F)c1)c1cc(OC)ccc1OC. The zero-order valence-electron chi connectivity index (χ0n) is 12.1. The Bertz CT molecular complexity index is 611. The van der Waals surface area contributed by atoms with Crippen LogP contribution in [0.25, 0.3) is 0 Å². The van der Waals surface area contributed by atoms with E-state index in [0.717, 1.165) is 11.6 Å². The molecule has 0 heterocycles. The van der Waals surface area contributed by atoms with Crippen molar-refractivity contribution in [2.75, 3.05) is 21.3 Å². The van der Waals surface area contributed by atoms with Crippen molar-refractivity contribution in [1.29, 1.82) is 0 Å². The summed E-state index contributed by atoms with van der Waals surface area (Å²) < 4.78 is 37.4. The Labute approximate surface area is 122 Å². The van der Waals surface area contributed by atoms with Crippen LogP contribution in [0.4, 0.5) is 8.78 Å². The van der Waals surface area contributed by atoms with Gasteiger partial charge in [0.25, 0.3) is 0 Å². The summed E-state index contributed by atoms with van der Waals surface area (Å²) in [6.45, 7) is 0. The molecular weight excluding hydrogens is 276 g/mol. The molecule has 0 bridgehead atoms. The lowest BCUT2D eigenvalue weighted by atomic mass is 9.97. The number of methoxy groups -OCH3 is 2. The van der Waals surface area contributed by atoms with Crippen LogP contribution < -0.4 is 14.8 Å². The highest BCUT2D eigenvalue weighted by Crippen LogP contribution is 2.33. The Balaban J connectivity index is 2.54. The van der Waals surface area contributed by atoms with Crippen molar-refractivity contribution in [3.8, 4) is 11.5 Å². The third-order valence-electron chi connectivity index (χ3n) is 3.25. The molecule has 2 aromatic carbocycles. The third-order valence-corrected chi connectivity index (χ3v) is 3.25. The highest BCUT2D eigenvalue weighted by molar-refractivity contribution is 5.46. The molecule has 112 valence electrons. The van der Waals surface area contributed by atoms with Crippen molar-refractivity contribution >= 4 is 0 Å². The lowest BCUT2D eigenvalue weighted by Gasteiger charge is -2.20. The second kappa shape index (κ2) is 6.54. The molecule has 0 amide bonds. The van der Waals surface area contributed by atoms with Gasteiger partial charge in [0.05, 0.1) is 20.3 Å². The predicted molar refractivity (Wildman–Crippen MR) is 76.8 cm³/mol. The molecule has 3 nitrogen and oxygen atoms in total. The smallest absolute Gasteiger partial charge is 0.126 e. The number of hydrogen-bond acceptors (Lipinski definition) is 3. The maximum atomic E-state index is 13.4. The molecule has 0 radical (unpaired) electrons. The van der Waals surface area contributed by atoms with Crippen molar-refractivity contribution in [3.05, 3.63) is 59.2 Å². The average molecular weight is 293 g/mol. The zero-order chi connectivity index (χ0) is 15.4. The van der Waals surface area contributed by atoms with Gasteiger partial charge in [-0.1, -0.05) is 0 Å². The highest BCUT2D eigenvalue weighted by Gasteiger charge is 2.19. The van der Waals surface area contributed by atoms with E-state index in [4.69, 9.17) is 9.47 Å². The van der Waals surface area contributed by atoms with Crippen LogP contribution >= 0.6 is 0 Å². The normalized spacial score (nSPS) is 12.0. The van der Waals surface area contributed by atoms with E-state index in [-0.39, 0.29) is 0 Å². The Morgan fingerprint density at radius 2 is 1.62 bits per heavy atom. The summed E-state index contributed by atoms with van der Waals surface area (Å²) in [5.74, 6) is 0.0157. The summed E-state index contributed by atoms with van der Waals surface area (Å²) in [7, 11) is 4.82. The summed E-state index contributed by atoms with van der Waals surface area (Å²) in [6, 6.07) is 8.32. The van der Waals surface area contributed by atoms with E-state index < -0.39 is 17.7 Å². The van der Waals surface area contributed by atoms with Gasteiger partial charge in [0, 0.05) is 11.6 Å². The Morgan fingerprint density at radius 1 is 0.952 bits per heavy atom. The molecule has 0 aromatic heterocycles. The third kappa shape index (κ3) is 3.31. The van der Waals surface area contributed by atoms with Gasteiger partial charge in [0.15, 0.2) is 0 Å². The van der Waals surface area contributed by atoms with E-state index >= 15 is 0 Å². The summed E-state index contributed by atoms with van der Waals surface area (Å²) in [5.41, 5.74) is 1.21. The van der Waals surface area contributed by atoms with Crippen LogP contribution in [0.15, 0.2) is 36.4 Å². The van der Waals surface area contributed by atoms with Crippen molar-refractivity contribution in [1.82, 2.24) is 5.32 Å². The summed E-state index contributed by atoms with van der Waals surface area (Å²) in [4.78, 5) is 0. The van der Waals surface area contributed by atoms with Gasteiger partial charge in [-0.15, -0.1) is 0 Å². The lowest BCUT2D eigenvalue weighted by Crippen LogP contribution is -2.19. The first kappa shape index (κ1) is 15.3. The van der Waals surface area contributed by atoms with Crippen LogP contribution in [-0.4, -0.2) is 21.3 Å². The van der Waals surface area contributed by atoms with E-state index in [1.165, 1.54) is 12.1 Å². The zero-order valence-corrected chi connectivity index (χ0v) is 12.1. The minimum Gasteiger partial charge on any atom is -0.497 e. The molecule has 0 saturated heterocycles. The van der Waals surface area contributed by atoms with Crippen LogP contribution in [0, 0.1) is 11.6 Å². The van der Waals surface area contributed by atoms with Gasteiger partial charge in [-0.05, 0) is 42.9 Å². The van der Waals surface area contributed by atoms with Crippen molar-refractivity contribution in [2.45, 2.75) is 6.04 Å². The second-order valence-electron chi connectivity index (χ2n) is 4.53. The Kier molecular flexibility index (Phi) is 4.75. The molecule has 0 aliphatic rings. The standard InChI is InChI=1S/C16H17F2NO2/c1-19-16(10-6-11(17)8-12(18)7-10)14-9-13(20-2)4-5-15(14)21-3/h4-9,16,19H,1-3H3. The number of halogens is 2. The van der Waals surface area contributed by atoms with Crippen LogP contribution in [0.1, 0.15) is 17.2 Å². The molecule has 2 rings (SSSR count). The molecule has 0 aliphatic carbocycles. The molecule has 1 unspecified atom stereocenters. The summed E-state index contributed by atoms with van der Waals surface area (Å²) in [6.07, 6.45) is 0. The summed E-state index contributed by atoms with van der Waals surface area (Å²) in [5, 5.41) is 3.05. The van der Waals surface area contributed by atoms with E-state index in [0.29, 0.717) is 17.1 Å². The van der Waals surface area contributed by atoms with Crippen molar-refractivity contribution in [3.63, 3.8) is 0 Å². The van der Waals surface area contributed by atoms with Crippen molar-refractivity contribution < 1.29 is 18.3 Å². The maximum absolute atomic E-state index is 13.4. The number of benzene rings is 2. The van der Waals surface area contributed by atoms with Crippen LogP contribution in [0.5, 0.6) is 11.5 Å². The molecular formula is C16H17F2NO2.